The smallest absolute Gasteiger partial charge is 0.244 e. The van der Waals surface area contributed by atoms with Crippen molar-refractivity contribution in [2.75, 3.05) is 12.3 Å². The van der Waals surface area contributed by atoms with Gasteiger partial charge < -0.3 is 15.8 Å². The number of benzene rings is 2. The van der Waals surface area contributed by atoms with Gasteiger partial charge in [-0.3, -0.25) is 4.79 Å². The Labute approximate surface area is 142 Å². The Morgan fingerprint density at radius 3 is 2.67 bits per heavy atom. The lowest BCUT2D eigenvalue weighted by molar-refractivity contribution is -0.116. The summed E-state index contributed by atoms with van der Waals surface area (Å²) in [6, 6.07) is 13.6. The van der Waals surface area contributed by atoms with Crippen LogP contribution in [0.5, 0.6) is 5.75 Å². The fraction of sp³-hybridized carbons (Fsp3) is 0.150. The van der Waals surface area contributed by atoms with E-state index >= 15 is 0 Å². The number of ether oxygens (including phenoxy) is 1. The third-order valence-corrected chi connectivity index (χ3v) is 3.40. The van der Waals surface area contributed by atoms with Crippen LogP contribution in [0.2, 0.25) is 0 Å². The van der Waals surface area contributed by atoms with Gasteiger partial charge in [0.1, 0.15) is 12.4 Å². The van der Waals surface area contributed by atoms with Crippen molar-refractivity contribution in [3.63, 3.8) is 0 Å². The molecule has 2 aromatic carbocycles. The van der Waals surface area contributed by atoms with Crippen molar-refractivity contribution in [3.05, 3.63) is 77.9 Å². The van der Waals surface area contributed by atoms with Crippen LogP contribution >= 0.6 is 0 Å². The zero-order valence-corrected chi connectivity index (χ0v) is 13.8. The van der Waals surface area contributed by atoms with E-state index in [4.69, 9.17) is 10.5 Å². The minimum atomic E-state index is -0.173. The Hall–Kier alpha value is -3.01. The normalized spacial score (nSPS) is 10.5. The summed E-state index contributed by atoms with van der Waals surface area (Å²) in [4.78, 5) is 11.5. The molecule has 3 N–H and O–H groups in total. The van der Waals surface area contributed by atoms with Gasteiger partial charge in [-0.2, -0.15) is 0 Å². The standard InChI is InChI=1S/C20H22N2O2/c1-3-12-22-20(23)11-9-16-8-10-19(18(21)13-16)24-14-17-6-4-15(2)5-7-17/h3-11,13H,1,12,14,21H2,2H3,(H,22,23)/b11-9-. The molecule has 4 heteroatoms. The molecule has 124 valence electrons. The van der Waals surface area contributed by atoms with E-state index in [1.165, 1.54) is 11.6 Å². The minimum absolute atomic E-state index is 0.173. The van der Waals surface area contributed by atoms with Gasteiger partial charge in [0.2, 0.25) is 5.91 Å². The second-order valence-electron chi connectivity index (χ2n) is 5.44. The summed E-state index contributed by atoms with van der Waals surface area (Å²) in [6.45, 7) is 6.50. The molecule has 0 aliphatic rings. The lowest BCUT2D eigenvalue weighted by Crippen LogP contribution is -2.20. The van der Waals surface area contributed by atoms with Gasteiger partial charge in [-0.05, 0) is 36.3 Å². The van der Waals surface area contributed by atoms with Gasteiger partial charge in [-0.25, -0.2) is 0 Å². The van der Waals surface area contributed by atoms with Crippen molar-refractivity contribution >= 4 is 17.7 Å². The molecule has 2 aromatic rings. The third kappa shape index (κ3) is 5.32. The van der Waals surface area contributed by atoms with E-state index in [2.05, 4.69) is 11.9 Å². The molecular weight excluding hydrogens is 300 g/mol. The van der Waals surface area contributed by atoms with Crippen molar-refractivity contribution < 1.29 is 9.53 Å². The zero-order chi connectivity index (χ0) is 17.4. The molecule has 0 aromatic heterocycles. The number of carbonyl (C=O) groups excluding carboxylic acids is 1. The van der Waals surface area contributed by atoms with Crippen molar-refractivity contribution in [2.45, 2.75) is 13.5 Å². The third-order valence-electron chi connectivity index (χ3n) is 3.40. The molecule has 0 spiro atoms. The summed E-state index contributed by atoms with van der Waals surface area (Å²) in [7, 11) is 0. The second kappa shape index (κ2) is 8.58. The first-order chi connectivity index (χ1) is 11.6. The van der Waals surface area contributed by atoms with Gasteiger partial charge in [0.05, 0.1) is 5.69 Å². The molecule has 0 heterocycles. The van der Waals surface area contributed by atoms with Crippen LogP contribution in [0.3, 0.4) is 0 Å². The number of nitrogens with two attached hydrogens (primary N) is 1. The number of nitrogens with one attached hydrogen (secondary N) is 1. The number of hydrogen-bond acceptors (Lipinski definition) is 3. The highest BCUT2D eigenvalue weighted by molar-refractivity contribution is 5.91. The molecule has 2 rings (SSSR count). The lowest BCUT2D eigenvalue weighted by atomic mass is 10.1. The quantitative estimate of drug-likeness (QED) is 0.466. The minimum Gasteiger partial charge on any atom is -0.487 e. The Morgan fingerprint density at radius 1 is 1.25 bits per heavy atom. The Kier molecular flexibility index (Phi) is 6.20. The molecule has 0 saturated heterocycles. The van der Waals surface area contributed by atoms with Gasteiger partial charge in [0.15, 0.2) is 0 Å². The summed E-state index contributed by atoms with van der Waals surface area (Å²) in [5.74, 6) is 0.456. The summed E-state index contributed by atoms with van der Waals surface area (Å²) in [5, 5.41) is 2.67. The molecule has 0 radical (unpaired) electrons. The highest BCUT2D eigenvalue weighted by atomic mass is 16.5. The topological polar surface area (TPSA) is 64.3 Å². The molecule has 0 bridgehead atoms. The van der Waals surface area contributed by atoms with E-state index in [1.807, 2.05) is 43.3 Å². The van der Waals surface area contributed by atoms with E-state index < -0.39 is 0 Å². The molecule has 0 fully saturated rings. The summed E-state index contributed by atoms with van der Waals surface area (Å²) in [5.41, 5.74) is 9.70. The zero-order valence-electron chi connectivity index (χ0n) is 13.8. The fourth-order valence-electron chi connectivity index (χ4n) is 2.05. The van der Waals surface area contributed by atoms with E-state index in [0.29, 0.717) is 24.6 Å². The van der Waals surface area contributed by atoms with Crippen LogP contribution in [-0.4, -0.2) is 12.5 Å². The van der Waals surface area contributed by atoms with Crippen LogP contribution in [-0.2, 0) is 11.4 Å². The number of rotatable bonds is 7. The van der Waals surface area contributed by atoms with Crippen molar-refractivity contribution in [1.29, 1.82) is 0 Å². The number of nitrogen functional groups attached to an aromatic ring is 1. The Balaban J connectivity index is 1.96. The maximum absolute atomic E-state index is 11.5. The largest absolute Gasteiger partial charge is 0.487 e. The summed E-state index contributed by atoms with van der Waals surface area (Å²) >= 11 is 0. The van der Waals surface area contributed by atoms with E-state index in [-0.39, 0.29) is 5.91 Å². The molecule has 0 aliphatic heterocycles. The first kappa shape index (κ1) is 17.3. The van der Waals surface area contributed by atoms with Gasteiger partial charge in [-0.15, -0.1) is 6.58 Å². The van der Waals surface area contributed by atoms with Crippen LogP contribution in [0.1, 0.15) is 16.7 Å². The molecule has 0 saturated carbocycles. The molecule has 24 heavy (non-hydrogen) atoms. The number of hydrogen-bond donors (Lipinski definition) is 2. The Morgan fingerprint density at radius 2 is 2.00 bits per heavy atom. The van der Waals surface area contributed by atoms with Crippen LogP contribution in [0.4, 0.5) is 5.69 Å². The maximum Gasteiger partial charge on any atom is 0.244 e. The average molecular weight is 322 g/mol. The summed E-state index contributed by atoms with van der Waals surface area (Å²) in [6.07, 6.45) is 4.80. The molecule has 1 amide bonds. The number of amides is 1. The van der Waals surface area contributed by atoms with Crippen LogP contribution in [0, 0.1) is 6.92 Å². The van der Waals surface area contributed by atoms with Crippen molar-refractivity contribution in [2.24, 2.45) is 0 Å². The molecule has 0 aliphatic carbocycles. The van der Waals surface area contributed by atoms with E-state index in [1.54, 1.807) is 18.2 Å². The van der Waals surface area contributed by atoms with E-state index in [0.717, 1.165) is 11.1 Å². The van der Waals surface area contributed by atoms with Crippen LogP contribution in [0.25, 0.3) is 6.08 Å². The van der Waals surface area contributed by atoms with Crippen molar-refractivity contribution in [3.8, 4) is 5.75 Å². The van der Waals surface area contributed by atoms with Gasteiger partial charge in [0.25, 0.3) is 0 Å². The maximum atomic E-state index is 11.5. The predicted molar refractivity (Wildman–Crippen MR) is 98.6 cm³/mol. The molecule has 4 nitrogen and oxygen atoms in total. The van der Waals surface area contributed by atoms with Gasteiger partial charge >= 0.3 is 0 Å². The van der Waals surface area contributed by atoms with E-state index in [9.17, 15) is 4.79 Å². The Bertz CT molecular complexity index is 734. The average Bonchev–Trinajstić information content (AvgIpc) is 2.58. The highest BCUT2D eigenvalue weighted by Gasteiger charge is 2.02. The molecule has 0 atom stereocenters. The SMILES string of the molecule is C=CCNC(=O)/C=C\c1ccc(OCc2ccc(C)cc2)c(N)c1. The predicted octanol–water partition coefficient (Wildman–Crippen LogP) is 3.47. The monoisotopic (exact) mass is 322 g/mol. The van der Waals surface area contributed by atoms with Gasteiger partial charge in [-0.1, -0.05) is 42.0 Å². The van der Waals surface area contributed by atoms with Crippen molar-refractivity contribution in [1.82, 2.24) is 5.32 Å². The van der Waals surface area contributed by atoms with Crippen LogP contribution < -0.4 is 15.8 Å². The number of aryl methyl sites for hydroxylation is 1. The summed E-state index contributed by atoms with van der Waals surface area (Å²) < 4.78 is 5.76. The van der Waals surface area contributed by atoms with Gasteiger partial charge in [0, 0.05) is 12.6 Å². The first-order valence-electron chi connectivity index (χ1n) is 7.73. The molecular formula is C20H22N2O2. The second-order valence-corrected chi connectivity index (χ2v) is 5.44. The first-order valence-corrected chi connectivity index (χ1v) is 7.73. The fourth-order valence-corrected chi connectivity index (χ4v) is 2.05. The number of carbonyl (C=O) groups is 1. The van der Waals surface area contributed by atoms with Crippen LogP contribution in [0.15, 0.2) is 61.2 Å². The number of anilines is 1. The highest BCUT2D eigenvalue weighted by Crippen LogP contribution is 2.24. The molecule has 0 unspecified atom stereocenters. The lowest BCUT2D eigenvalue weighted by Gasteiger charge is -2.10.